The number of hydrogen-bond donors (Lipinski definition) is 1. The molecule has 0 amide bonds. The lowest BCUT2D eigenvalue weighted by Crippen LogP contribution is -2.46. The molecule has 3 rings (SSSR count). The first-order valence-corrected chi connectivity index (χ1v) is 7.72. The van der Waals surface area contributed by atoms with Gasteiger partial charge in [0.15, 0.2) is 0 Å². The summed E-state index contributed by atoms with van der Waals surface area (Å²) in [6, 6.07) is 6.15. The average Bonchev–Trinajstić information content (AvgIpc) is 3.03. The molecule has 2 aromatic rings. The number of piperazine rings is 1. The van der Waals surface area contributed by atoms with Crippen molar-refractivity contribution in [3.63, 3.8) is 0 Å². The van der Waals surface area contributed by atoms with Crippen LogP contribution in [0.2, 0.25) is 0 Å². The standard InChI is InChI=1S/C16H23N5/c1-2-6-17-16(5-1)14-21-10-8-20(9-11-21)7-3-4-15-12-18-19-13-15/h1-2,5-6,12-13H,3-4,7-11,14H2,(H,18,19). The summed E-state index contributed by atoms with van der Waals surface area (Å²) in [4.78, 5) is 9.47. The highest BCUT2D eigenvalue weighted by Crippen LogP contribution is 2.08. The third-order valence-electron chi connectivity index (χ3n) is 4.07. The van der Waals surface area contributed by atoms with E-state index in [1.165, 1.54) is 24.2 Å². The van der Waals surface area contributed by atoms with E-state index in [1.807, 2.05) is 24.7 Å². The van der Waals surface area contributed by atoms with Gasteiger partial charge in [0.1, 0.15) is 0 Å². The second-order valence-corrected chi connectivity index (χ2v) is 5.65. The summed E-state index contributed by atoms with van der Waals surface area (Å²) in [5, 5.41) is 6.86. The van der Waals surface area contributed by atoms with Crippen LogP contribution in [0.5, 0.6) is 0 Å². The molecule has 1 aliphatic heterocycles. The van der Waals surface area contributed by atoms with E-state index in [0.717, 1.165) is 39.1 Å². The maximum Gasteiger partial charge on any atom is 0.0543 e. The van der Waals surface area contributed by atoms with Gasteiger partial charge in [0.2, 0.25) is 0 Å². The topological polar surface area (TPSA) is 48.0 Å². The highest BCUT2D eigenvalue weighted by molar-refractivity contribution is 5.04. The number of H-pyrrole nitrogens is 1. The summed E-state index contributed by atoms with van der Waals surface area (Å²) < 4.78 is 0. The molecule has 5 nitrogen and oxygen atoms in total. The van der Waals surface area contributed by atoms with Crippen molar-refractivity contribution < 1.29 is 0 Å². The van der Waals surface area contributed by atoms with Gasteiger partial charge in [0.05, 0.1) is 11.9 Å². The second-order valence-electron chi connectivity index (χ2n) is 5.65. The van der Waals surface area contributed by atoms with Crippen molar-refractivity contribution in [2.75, 3.05) is 32.7 Å². The smallest absolute Gasteiger partial charge is 0.0543 e. The van der Waals surface area contributed by atoms with Crippen LogP contribution in [-0.4, -0.2) is 57.7 Å². The molecule has 21 heavy (non-hydrogen) atoms. The molecule has 5 heteroatoms. The van der Waals surface area contributed by atoms with Crippen molar-refractivity contribution in [1.29, 1.82) is 0 Å². The Balaban J connectivity index is 1.35. The molecule has 2 aromatic heterocycles. The minimum atomic E-state index is 0.976. The van der Waals surface area contributed by atoms with Gasteiger partial charge in [0, 0.05) is 45.1 Å². The van der Waals surface area contributed by atoms with E-state index < -0.39 is 0 Å². The Bertz CT molecular complexity index is 503. The van der Waals surface area contributed by atoms with Gasteiger partial charge in [-0.25, -0.2) is 0 Å². The second kappa shape index (κ2) is 7.33. The minimum absolute atomic E-state index is 0.976. The monoisotopic (exact) mass is 285 g/mol. The van der Waals surface area contributed by atoms with Crippen LogP contribution in [0.4, 0.5) is 0 Å². The van der Waals surface area contributed by atoms with E-state index in [-0.39, 0.29) is 0 Å². The van der Waals surface area contributed by atoms with Crippen molar-refractivity contribution in [2.24, 2.45) is 0 Å². The van der Waals surface area contributed by atoms with E-state index >= 15 is 0 Å². The summed E-state index contributed by atoms with van der Waals surface area (Å²) >= 11 is 0. The molecule has 1 aliphatic rings. The van der Waals surface area contributed by atoms with Gasteiger partial charge in [0.25, 0.3) is 0 Å². The minimum Gasteiger partial charge on any atom is -0.301 e. The molecule has 3 heterocycles. The molecule has 1 fully saturated rings. The molecule has 1 N–H and O–H groups in total. The zero-order valence-electron chi connectivity index (χ0n) is 12.4. The van der Waals surface area contributed by atoms with Crippen LogP contribution < -0.4 is 0 Å². The van der Waals surface area contributed by atoms with E-state index in [4.69, 9.17) is 0 Å². The number of nitrogens with zero attached hydrogens (tertiary/aromatic N) is 4. The first-order chi connectivity index (χ1) is 10.4. The number of nitrogens with one attached hydrogen (secondary N) is 1. The van der Waals surface area contributed by atoms with Crippen molar-refractivity contribution in [2.45, 2.75) is 19.4 Å². The summed E-state index contributed by atoms with van der Waals surface area (Å²) in [5.41, 5.74) is 2.48. The summed E-state index contributed by atoms with van der Waals surface area (Å²) in [6.45, 7) is 6.77. The fourth-order valence-electron chi connectivity index (χ4n) is 2.81. The predicted octanol–water partition coefficient (Wildman–Crippen LogP) is 1.56. The third-order valence-corrected chi connectivity index (χ3v) is 4.07. The Morgan fingerprint density at radius 2 is 1.95 bits per heavy atom. The first kappa shape index (κ1) is 14.2. The van der Waals surface area contributed by atoms with Crippen LogP contribution in [-0.2, 0) is 13.0 Å². The largest absolute Gasteiger partial charge is 0.301 e. The summed E-state index contributed by atoms with van der Waals surface area (Å²) in [7, 11) is 0. The maximum atomic E-state index is 4.41. The molecule has 1 saturated heterocycles. The van der Waals surface area contributed by atoms with Gasteiger partial charge < -0.3 is 4.90 Å². The number of hydrogen-bond acceptors (Lipinski definition) is 4. The highest BCUT2D eigenvalue weighted by Gasteiger charge is 2.16. The SMILES string of the molecule is c1ccc(CN2CCN(CCCc3cn[nH]c3)CC2)nc1. The van der Waals surface area contributed by atoms with E-state index in [2.05, 4.69) is 37.1 Å². The van der Waals surface area contributed by atoms with Gasteiger partial charge in [-0.15, -0.1) is 0 Å². The van der Waals surface area contributed by atoms with Crippen LogP contribution in [0, 0.1) is 0 Å². The van der Waals surface area contributed by atoms with Crippen molar-refractivity contribution >= 4 is 0 Å². The van der Waals surface area contributed by atoms with Crippen molar-refractivity contribution in [3.8, 4) is 0 Å². The number of aromatic amines is 1. The lowest BCUT2D eigenvalue weighted by atomic mass is 10.2. The number of aryl methyl sites for hydroxylation is 1. The lowest BCUT2D eigenvalue weighted by molar-refractivity contribution is 0.125. The Kier molecular flexibility index (Phi) is 4.97. The third kappa shape index (κ3) is 4.37. The van der Waals surface area contributed by atoms with Gasteiger partial charge in [-0.3, -0.25) is 15.0 Å². The van der Waals surface area contributed by atoms with Gasteiger partial charge >= 0.3 is 0 Å². The average molecular weight is 285 g/mol. The molecule has 0 aromatic carbocycles. The molecular weight excluding hydrogens is 262 g/mol. The van der Waals surface area contributed by atoms with Crippen molar-refractivity contribution in [1.82, 2.24) is 25.0 Å². The van der Waals surface area contributed by atoms with Crippen LogP contribution in [0.15, 0.2) is 36.8 Å². The molecule has 0 radical (unpaired) electrons. The lowest BCUT2D eigenvalue weighted by Gasteiger charge is -2.34. The molecule has 0 spiro atoms. The molecular formula is C16H23N5. The number of rotatable bonds is 6. The zero-order chi connectivity index (χ0) is 14.3. The maximum absolute atomic E-state index is 4.41. The molecule has 0 saturated carbocycles. The van der Waals surface area contributed by atoms with E-state index in [9.17, 15) is 0 Å². The Hall–Kier alpha value is -1.72. The first-order valence-electron chi connectivity index (χ1n) is 7.72. The van der Waals surface area contributed by atoms with Gasteiger partial charge in [-0.1, -0.05) is 6.07 Å². The summed E-state index contributed by atoms with van der Waals surface area (Å²) in [5.74, 6) is 0. The molecule has 112 valence electrons. The fourth-order valence-corrected chi connectivity index (χ4v) is 2.81. The van der Waals surface area contributed by atoms with Crippen LogP contribution in [0.3, 0.4) is 0 Å². The molecule has 0 aliphatic carbocycles. The quantitative estimate of drug-likeness (QED) is 0.875. The zero-order valence-corrected chi connectivity index (χ0v) is 12.4. The van der Waals surface area contributed by atoms with E-state index in [0.29, 0.717) is 0 Å². The molecule has 0 bridgehead atoms. The molecule has 0 atom stereocenters. The van der Waals surface area contributed by atoms with Gasteiger partial charge in [-0.05, 0) is 37.1 Å². The Labute approximate surface area is 126 Å². The number of pyridine rings is 1. The highest BCUT2D eigenvalue weighted by atomic mass is 15.3. The molecule has 0 unspecified atom stereocenters. The summed E-state index contributed by atoms with van der Waals surface area (Å²) in [6.07, 6.45) is 8.11. The number of aromatic nitrogens is 3. The predicted molar refractivity (Wildman–Crippen MR) is 82.9 cm³/mol. The Morgan fingerprint density at radius 1 is 1.10 bits per heavy atom. The normalized spacial score (nSPS) is 17.1. The van der Waals surface area contributed by atoms with Crippen molar-refractivity contribution in [3.05, 3.63) is 48.0 Å². The van der Waals surface area contributed by atoms with Crippen LogP contribution >= 0.6 is 0 Å². The van der Waals surface area contributed by atoms with Gasteiger partial charge in [-0.2, -0.15) is 5.10 Å². The Morgan fingerprint density at radius 3 is 2.67 bits per heavy atom. The van der Waals surface area contributed by atoms with Crippen LogP contribution in [0.1, 0.15) is 17.7 Å². The van der Waals surface area contributed by atoms with Crippen LogP contribution in [0.25, 0.3) is 0 Å². The fraction of sp³-hybridized carbons (Fsp3) is 0.500. The van der Waals surface area contributed by atoms with E-state index in [1.54, 1.807) is 0 Å².